The van der Waals surface area contributed by atoms with Gasteiger partial charge in [0.05, 0.1) is 23.5 Å². The molecule has 2 rings (SSSR count). The molecular weight excluding hydrogens is 246 g/mol. The highest BCUT2D eigenvalue weighted by Gasteiger charge is 2.00. The molecule has 0 amide bonds. The van der Waals surface area contributed by atoms with Gasteiger partial charge in [0.15, 0.2) is 0 Å². The summed E-state index contributed by atoms with van der Waals surface area (Å²) in [7, 11) is 0. The van der Waals surface area contributed by atoms with Gasteiger partial charge < -0.3 is 0 Å². The lowest BCUT2D eigenvalue weighted by Gasteiger charge is -2.16. The zero-order chi connectivity index (χ0) is 14.4. The smallest absolute Gasteiger partial charge is 0.0991 e. The second-order valence-corrected chi connectivity index (χ2v) is 4.53. The van der Waals surface area contributed by atoms with Crippen molar-refractivity contribution in [3.8, 4) is 6.07 Å². The zero-order valence-corrected chi connectivity index (χ0v) is 11.7. The fourth-order valence-electron chi connectivity index (χ4n) is 1.83. The Bertz CT molecular complexity index is 619. The molecule has 3 nitrogen and oxygen atoms in total. The van der Waals surface area contributed by atoms with Gasteiger partial charge in [0.2, 0.25) is 0 Å². The van der Waals surface area contributed by atoms with Crippen LogP contribution in [0.4, 0.5) is 5.69 Å². The number of nitriles is 1. The van der Waals surface area contributed by atoms with Crippen molar-refractivity contribution in [2.45, 2.75) is 13.8 Å². The van der Waals surface area contributed by atoms with Crippen LogP contribution in [0, 0.1) is 18.3 Å². The lowest BCUT2D eigenvalue weighted by Crippen LogP contribution is -2.15. The first kappa shape index (κ1) is 13.8. The molecule has 0 heterocycles. The van der Waals surface area contributed by atoms with Crippen molar-refractivity contribution >= 4 is 11.9 Å². The molecule has 0 fully saturated rings. The van der Waals surface area contributed by atoms with Gasteiger partial charge in [0, 0.05) is 6.54 Å². The van der Waals surface area contributed by atoms with Crippen LogP contribution in [0.3, 0.4) is 0 Å². The number of anilines is 1. The van der Waals surface area contributed by atoms with Crippen molar-refractivity contribution in [1.29, 1.82) is 5.26 Å². The van der Waals surface area contributed by atoms with Crippen LogP contribution < -0.4 is 5.01 Å². The van der Waals surface area contributed by atoms with Gasteiger partial charge in [-0.1, -0.05) is 29.8 Å². The van der Waals surface area contributed by atoms with Crippen molar-refractivity contribution in [2.75, 3.05) is 11.6 Å². The van der Waals surface area contributed by atoms with Gasteiger partial charge in [-0.25, -0.2) is 0 Å². The molecule has 0 N–H and O–H groups in total. The van der Waals surface area contributed by atoms with Crippen LogP contribution in [0.2, 0.25) is 0 Å². The summed E-state index contributed by atoms with van der Waals surface area (Å²) >= 11 is 0. The van der Waals surface area contributed by atoms with E-state index in [2.05, 4.69) is 49.3 Å². The maximum atomic E-state index is 8.76. The molecule has 0 saturated heterocycles. The molecule has 2 aromatic rings. The first-order valence-corrected chi connectivity index (χ1v) is 6.61. The summed E-state index contributed by atoms with van der Waals surface area (Å²) in [6.07, 6.45) is 1.81. The second kappa shape index (κ2) is 6.53. The number of aryl methyl sites for hydroxylation is 1. The quantitative estimate of drug-likeness (QED) is 0.623. The largest absolute Gasteiger partial charge is 0.266 e. The van der Waals surface area contributed by atoms with Crippen LogP contribution >= 0.6 is 0 Å². The molecule has 0 aliphatic carbocycles. The summed E-state index contributed by atoms with van der Waals surface area (Å²) in [6, 6.07) is 17.8. The molecule has 0 saturated carbocycles. The number of hydrogen-bond donors (Lipinski definition) is 0. The predicted molar refractivity (Wildman–Crippen MR) is 83.0 cm³/mol. The minimum Gasteiger partial charge on any atom is -0.266 e. The Morgan fingerprint density at radius 3 is 2.30 bits per heavy atom. The lowest BCUT2D eigenvalue weighted by atomic mass is 10.2. The number of rotatable bonds is 4. The van der Waals surface area contributed by atoms with E-state index in [0.717, 1.165) is 17.8 Å². The van der Waals surface area contributed by atoms with Gasteiger partial charge in [-0.05, 0) is 43.7 Å². The molecule has 0 spiro atoms. The molecule has 2 aromatic carbocycles. The van der Waals surface area contributed by atoms with Crippen LogP contribution in [-0.4, -0.2) is 12.8 Å². The third-order valence-corrected chi connectivity index (χ3v) is 3.02. The summed E-state index contributed by atoms with van der Waals surface area (Å²) in [4.78, 5) is 0. The molecule has 0 aliphatic rings. The monoisotopic (exact) mass is 263 g/mol. The molecule has 0 unspecified atom stereocenters. The topological polar surface area (TPSA) is 39.4 Å². The van der Waals surface area contributed by atoms with Crippen LogP contribution in [-0.2, 0) is 0 Å². The van der Waals surface area contributed by atoms with Crippen molar-refractivity contribution in [1.82, 2.24) is 0 Å². The van der Waals surface area contributed by atoms with E-state index >= 15 is 0 Å². The fourth-order valence-corrected chi connectivity index (χ4v) is 1.83. The molecule has 0 aliphatic heterocycles. The molecule has 0 atom stereocenters. The Balaban J connectivity index is 2.14. The van der Waals surface area contributed by atoms with E-state index in [9.17, 15) is 0 Å². The Kier molecular flexibility index (Phi) is 4.52. The Hall–Kier alpha value is -2.60. The summed E-state index contributed by atoms with van der Waals surface area (Å²) in [5, 5.41) is 15.2. The lowest BCUT2D eigenvalue weighted by molar-refractivity contribution is 0.897. The van der Waals surface area contributed by atoms with Crippen LogP contribution in [0.25, 0.3) is 0 Å². The summed E-state index contributed by atoms with van der Waals surface area (Å²) in [6.45, 7) is 4.94. The summed E-state index contributed by atoms with van der Waals surface area (Å²) < 4.78 is 0. The first-order chi connectivity index (χ1) is 9.72. The predicted octanol–water partition coefficient (Wildman–Crippen LogP) is 3.73. The minimum absolute atomic E-state index is 0.660. The summed E-state index contributed by atoms with van der Waals surface area (Å²) in [5.74, 6) is 0. The van der Waals surface area contributed by atoms with Gasteiger partial charge in [-0.2, -0.15) is 10.4 Å². The molecule has 3 heteroatoms. The van der Waals surface area contributed by atoms with E-state index < -0.39 is 0 Å². The minimum atomic E-state index is 0.660. The molecule has 100 valence electrons. The van der Waals surface area contributed by atoms with Gasteiger partial charge in [-0.15, -0.1) is 0 Å². The number of nitrogens with zero attached hydrogens (tertiary/aromatic N) is 3. The van der Waals surface area contributed by atoms with Gasteiger partial charge in [0.1, 0.15) is 0 Å². The van der Waals surface area contributed by atoms with Gasteiger partial charge in [-0.3, -0.25) is 5.01 Å². The second-order valence-electron chi connectivity index (χ2n) is 4.53. The fraction of sp³-hybridized carbons (Fsp3) is 0.176. The van der Waals surface area contributed by atoms with Crippen molar-refractivity contribution in [2.24, 2.45) is 5.10 Å². The van der Waals surface area contributed by atoms with E-state index in [4.69, 9.17) is 5.26 Å². The molecular formula is C17H17N3. The highest BCUT2D eigenvalue weighted by Crippen LogP contribution is 2.15. The standard InChI is InChI=1S/C17H17N3/c1-3-20(17-10-4-14(2)5-11-17)19-13-16-8-6-15(12-18)7-9-16/h4-11,13H,3H2,1-2H3/b19-13+. The van der Waals surface area contributed by atoms with E-state index in [1.54, 1.807) is 12.1 Å². The number of hydrogen-bond acceptors (Lipinski definition) is 3. The highest BCUT2D eigenvalue weighted by atomic mass is 15.4. The van der Waals surface area contributed by atoms with Crippen LogP contribution in [0.1, 0.15) is 23.6 Å². The molecule has 0 aromatic heterocycles. The number of benzene rings is 2. The van der Waals surface area contributed by atoms with Gasteiger partial charge >= 0.3 is 0 Å². The molecule has 0 bridgehead atoms. The van der Waals surface area contributed by atoms with E-state index in [1.165, 1.54) is 5.56 Å². The maximum Gasteiger partial charge on any atom is 0.0991 e. The Labute approximate surface area is 119 Å². The van der Waals surface area contributed by atoms with Crippen LogP contribution in [0.15, 0.2) is 53.6 Å². The van der Waals surface area contributed by atoms with Crippen molar-refractivity contribution < 1.29 is 0 Å². The maximum absolute atomic E-state index is 8.76. The van der Waals surface area contributed by atoms with Gasteiger partial charge in [0.25, 0.3) is 0 Å². The van der Waals surface area contributed by atoms with E-state index in [0.29, 0.717) is 5.56 Å². The normalized spacial score (nSPS) is 10.4. The average Bonchev–Trinajstić information content (AvgIpc) is 2.50. The summed E-state index contributed by atoms with van der Waals surface area (Å²) in [5.41, 5.74) is 3.95. The molecule has 20 heavy (non-hydrogen) atoms. The Morgan fingerprint density at radius 2 is 1.75 bits per heavy atom. The SMILES string of the molecule is CCN(/N=C/c1ccc(C#N)cc1)c1ccc(C)cc1. The highest BCUT2D eigenvalue weighted by molar-refractivity contribution is 5.80. The van der Waals surface area contributed by atoms with Crippen LogP contribution in [0.5, 0.6) is 0 Å². The third kappa shape index (κ3) is 3.46. The third-order valence-electron chi connectivity index (χ3n) is 3.02. The first-order valence-electron chi connectivity index (χ1n) is 6.61. The average molecular weight is 263 g/mol. The van der Waals surface area contributed by atoms with E-state index in [-0.39, 0.29) is 0 Å². The van der Waals surface area contributed by atoms with Crippen molar-refractivity contribution in [3.63, 3.8) is 0 Å². The number of hydrazone groups is 1. The molecule has 0 radical (unpaired) electrons. The zero-order valence-electron chi connectivity index (χ0n) is 11.7. The van der Waals surface area contributed by atoms with E-state index in [1.807, 2.05) is 23.4 Å². The Morgan fingerprint density at radius 1 is 1.10 bits per heavy atom. The van der Waals surface area contributed by atoms with Crippen molar-refractivity contribution in [3.05, 3.63) is 65.2 Å².